The molecule has 15 heavy (non-hydrogen) atoms. The molecule has 1 nitrogen and oxygen atoms in total. The minimum atomic E-state index is -0.294. The lowest BCUT2D eigenvalue weighted by atomic mass is 10.2. The molecule has 1 fully saturated rings. The highest BCUT2D eigenvalue weighted by Gasteiger charge is 2.15. The molecule has 1 aliphatic heterocycles. The van der Waals surface area contributed by atoms with Crippen LogP contribution in [0.4, 0.5) is 4.39 Å². The van der Waals surface area contributed by atoms with Crippen molar-refractivity contribution in [2.75, 3.05) is 11.5 Å². The first kappa shape index (κ1) is 11.2. The van der Waals surface area contributed by atoms with Crippen molar-refractivity contribution in [2.45, 2.75) is 19.0 Å². The number of hydrogen-bond donors (Lipinski definition) is 1. The van der Waals surface area contributed by atoms with Crippen LogP contribution in [-0.2, 0) is 6.54 Å². The van der Waals surface area contributed by atoms with Gasteiger partial charge in [-0.15, -0.1) is 0 Å². The van der Waals surface area contributed by atoms with Gasteiger partial charge in [-0.05, 0) is 18.2 Å². The van der Waals surface area contributed by atoms with Gasteiger partial charge in [-0.3, -0.25) is 0 Å². The molecular formula is C11H13ClFNS. The normalized spacial score (nSPS) is 20.8. The summed E-state index contributed by atoms with van der Waals surface area (Å²) in [6, 6.07) is 5.65. The zero-order valence-corrected chi connectivity index (χ0v) is 9.87. The third-order valence-electron chi connectivity index (χ3n) is 2.54. The van der Waals surface area contributed by atoms with Crippen molar-refractivity contribution in [3.63, 3.8) is 0 Å². The lowest BCUT2D eigenvalue weighted by molar-refractivity contribution is 0.534. The predicted molar refractivity (Wildman–Crippen MR) is 64.0 cm³/mol. The Bertz CT molecular complexity index is 339. The van der Waals surface area contributed by atoms with E-state index in [4.69, 9.17) is 11.6 Å². The Labute approximate surface area is 98.4 Å². The topological polar surface area (TPSA) is 12.0 Å². The van der Waals surface area contributed by atoms with E-state index in [1.807, 2.05) is 11.8 Å². The van der Waals surface area contributed by atoms with Gasteiger partial charge < -0.3 is 5.32 Å². The van der Waals surface area contributed by atoms with Crippen molar-refractivity contribution in [1.82, 2.24) is 5.32 Å². The third kappa shape index (κ3) is 2.86. The number of rotatable bonds is 3. The molecule has 1 saturated heterocycles. The van der Waals surface area contributed by atoms with Crippen LogP contribution in [0.15, 0.2) is 18.2 Å². The summed E-state index contributed by atoms with van der Waals surface area (Å²) >= 11 is 7.64. The summed E-state index contributed by atoms with van der Waals surface area (Å²) in [7, 11) is 0. The Morgan fingerprint density at radius 2 is 2.40 bits per heavy atom. The maximum atomic E-state index is 13.5. The molecule has 0 spiro atoms. The smallest absolute Gasteiger partial charge is 0.146 e. The van der Waals surface area contributed by atoms with Gasteiger partial charge in [0.15, 0.2) is 0 Å². The largest absolute Gasteiger partial charge is 0.309 e. The average molecular weight is 246 g/mol. The lowest BCUT2D eigenvalue weighted by Gasteiger charge is -2.11. The lowest BCUT2D eigenvalue weighted by Crippen LogP contribution is -2.28. The summed E-state index contributed by atoms with van der Waals surface area (Å²) in [6.07, 6.45) is 1.17. The van der Waals surface area contributed by atoms with Crippen LogP contribution in [0, 0.1) is 5.82 Å². The van der Waals surface area contributed by atoms with E-state index < -0.39 is 0 Å². The highest BCUT2D eigenvalue weighted by Crippen LogP contribution is 2.20. The highest BCUT2D eigenvalue weighted by molar-refractivity contribution is 7.99. The zero-order chi connectivity index (χ0) is 10.7. The molecule has 2 rings (SSSR count). The third-order valence-corrected chi connectivity index (χ3v) is 4.00. The molecule has 4 heteroatoms. The molecule has 0 amide bonds. The number of nitrogens with one attached hydrogen (secondary N) is 1. The Morgan fingerprint density at radius 1 is 1.53 bits per heavy atom. The van der Waals surface area contributed by atoms with Crippen molar-refractivity contribution >= 4 is 23.4 Å². The van der Waals surface area contributed by atoms with Crippen LogP contribution in [0.2, 0.25) is 5.02 Å². The van der Waals surface area contributed by atoms with Crippen LogP contribution >= 0.6 is 23.4 Å². The van der Waals surface area contributed by atoms with Gasteiger partial charge in [0.25, 0.3) is 0 Å². The van der Waals surface area contributed by atoms with E-state index >= 15 is 0 Å². The van der Waals surface area contributed by atoms with E-state index in [9.17, 15) is 4.39 Å². The SMILES string of the molecule is Fc1c(Cl)cccc1CNC1CCSC1. The van der Waals surface area contributed by atoms with Gasteiger partial charge in [0.05, 0.1) is 5.02 Å². The molecule has 1 atom stereocenters. The number of hydrogen-bond acceptors (Lipinski definition) is 2. The molecule has 0 radical (unpaired) electrons. The van der Waals surface area contributed by atoms with Crippen molar-refractivity contribution in [3.8, 4) is 0 Å². The Balaban J connectivity index is 1.95. The number of thioether (sulfide) groups is 1. The van der Waals surface area contributed by atoms with E-state index in [-0.39, 0.29) is 10.8 Å². The molecule has 0 aromatic heterocycles. The quantitative estimate of drug-likeness (QED) is 0.879. The van der Waals surface area contributed by atoms with E-state index in [0.717, 1.165) is 5.75 Å². The number of benzene rings is 1. The van der Waals surface area contributed by atoms with E-state index in [0.29, 0.717) is 18.2 Å². The first-order valence-electron chi connectivity index (χ1n) is 5.01. The maximum Gasteiger partial charge on any atom is 0.146 e. The fourth-order valence-corrected chi connectivity index (χ4v) is 3.02. The Morgan fingerprint density at radius 3 is 3.13 bits per heavy atom. The molecule has 1 N–H and O–H groups in total. The Kier molecular flexibility index (Phi) is 3.89. The summed E-state index contributed by atoms with van der Waals surface area (Å²) in [4.78, 5) is 0. The summed E-state index contributed by atoms with van der Waals surface area (Å²) in [5.41, 5.74) is 0.652. The van der Waals surface area contributed by atoms with Crippen molar-refractivity contribution in [2.24, 2.45) is 0 Å². The zero-order valence-electron chi connectivity index (χ0n) is 8.30. The molecule has 82 valence electrons. The van der Waals surface area contributed by atoms with Crippen LogP contribution in [0.5, 0.6) is 0 Å². The monoisotopic (exact) mass is 245 g/mol. The molecule has 0 aliphatic carbocycles. The summed E-state index contributed by atoms with van der Waals surface area (Å²) in [5, 5.41) is 3.55. The molecule has 1 aromatic rings. The second-order valence-corrected chi connectivity index (χ2v) is 5.21. The van der Waals surface area contributed by atoms with E-state index in [2.05, 4.69) is 5.32 Å². The second-order valence-electron chi connectivity index (χ2n) is 3.65. The fraction of sp³-hybridized carbons (Fsp3) is 0.455. The predicted octanol–water partition coefficient (Wildman–Crippen LogP) is 3.07. The van der Waals surface area contributed by atoms with Crippen LogP contribution in [0.3, 0.4) is 0 Å². The van der Waals surface area contributed by atoms with Gasteiger partial charge >= 0.3 is 0 Å². The minimum Gasteiger partial charge on any atom is -0.309 e. The molecule has 0 bridgehead atoms. The van der Waals surface area contributed by atoms with Gasteiger partial charge in [-0.2, -0.15) is 11.8 Å². The molecule has 1 heterocycles. The van der Waals surface area contributed by atoms with Gasteiger partial charge in [0, 0.05) is 23.9 Å². The van der Waals surface area contributed by atoms with Gasteiger partial charge in [0.1, 0.15) is 5.82 Å². The minimum absolute atomic E-state index is 0.204. The fourth-order valence-electron chi connectivity index (χ4n) is 1.63. The summed E-state index contributed by atoms with van der Waals surface area (Å²) in [5.74, 6) is 2.04. The number of halogens is 2. The van der Waals surface area contributed by atoms with Crippen molar-refractivity contribution in [1.29, 1.82) is 0 Å². The molecule has 1 unspecified atom stereocenters. The first-order valence-corrected chi connectivity index (χ1v) is 6.54. The highest BCUT2D eigenvalue weighted by atomic mass is 35.5. The molecule has 1 aromatic carbocycles. The Hall–Kier alpha value is -0.250. The average Bonchev–Trinajstić information content (AvgIpc) is 2.73. The van der Waals surface area contributed by atoms with Crippen molar-refractivity contribution in [3.05, 3.63) is 34.6 Å². The van der Waals surface area contributed by atoms with E-state index in [1.54, 1.807) is 18.2 Å². The molecular weight excluding hydrogens is 233 g/mol. The van der Waals surface area contributed by atoms with Gasteiger partial charge in [-0.25, -0.2) is 4.39 Å². The summed E-state index contributed by atoms with van der Waals surface area (Å²) < 4.78 is 13.5. The molecule has 0 saturated carbocycles. The van der Waals surface area contributed by atoms with Crippen LogP contribution in [-0.4, -0.2) is 17.5 Å². The van der Waals surface area contributed by atoms with Crippen LogP contribution in [0.1, 0.15) is 12.0 Å². The van der Waals surface area contributed by atoms with Crippen LogP contribution < -0.4 is 5.32 Å². The van der Waals surface area contributed by atoms with Gasteiger partial charge in [-0.1, -0.05) is 23.7 Å². The maximum absolute atomic E-state index is 13.5. The van der Waals surface area contributed by atoms with E-state index in [1.165, 1.54) is 12.2 Å². The summed E-state index contributed by atoms with van der Waals surface area (Å²) in [6.45, 7) is 0.567. The van der Waals surface area contributed by atoms with Crippen molar-refractivity contribution < 1.29 is 4.39 Å². The van der Waals surface area contributed by atoms with Gasteiger partial charge in [0.2, 0.25) is 0 Å². The van der Waals surface area contributed by atoms with Crippen LogP contribution in [0.25, 0.3) is 0 Å². The first-order chi connectivity index (χ1) is 7.27. The standard InChI is InChI=1S/C11H13ClFNS/c12-10-3-1-2-8(11(10)13)6-14-9-4-5-15-7-9/h1-3,9,14H,4-7H2. The second kappa shape index (κ2) is 5.19. The molecule has 1 aliphatic rings.